The summed E-state index contributed by atoms with van der Waals surface area (Å²) < 4.78 is 4.70. The van der Waals surface area contributed by atoms with Crippen molar-refractivity contribution in [1.82, 2.24) is 5.32 Å². The van der Waals surface area contributed by atoms with Crippen molar-refractivity contribution in [1.29, 1.82) is 0 Å². The summed E-state index contributed by atoms with van der Waals surface area (Å²) in [4.78, 5) is 11.4. The van der Waals surface area contributed by atoms with Crippen LogP contribution in [0.1, 0.15) is 20.8 Å². The highest BCUT2D eigenvalue weighted by molar-refractivity contribution is 5.80. The fourth-order valence-electron chi connectivity index (χ4n) is 0.959. The first kappa shape index (κ1) is 12.0. The van der Waals surface area contributed by atoms with Gasteiger partial charge in [-0.05, 0) is 12.8 Å². The molecule has 0 saturated heterocycles. The predicted molar refractivity (Wildman–Crippen MR) is 52.1 cm³/mol. The molecule has 0 aliphatic heterocycles. The predicted octanol–water partition coefficient (Wildman–Crippen LogP) is 0.797. The average Bonchev–Trinajstić information content (AvgIpc) is 2.12. The number of rotatable bonds is 4. The Morgan fingerprint density at radius 1 is 1.69 bits per heavy atom. The first-order chi connectivity index (χ1) is 5.99. The van der Waals surface area contributed by atoms with Crippen molar-refractivity contribution in [3.63, 3.8) is 0 Å². The molecule has 0 fully saturated rings. The van der Waals surface area contributed by atoms with Gasteiger partial charge in [0, 0.05) is 0 Å². The Balaban J connectivity index is 4.54. The van der Waals surface area contributed by atoms with Crippen LogP contribution < -0.4 is 5.32 Å². The molecule has 0 aromatic carbocycles. The second-order valence-electron chi connectivity index (χ2n) is 3.41. The van der Waals surface area contributed by atoms with Crippen LogP contribution in [0.15, 0.2) is 0 Å². The monoisotopic (exact) mass is 183 g/mol. The van der Waals surface area contributed by atoms with Crippen LogP contribution in [0.2, 0.25) is 0 Å². The molecule has 3 heteroatoms. The third-order valence-corrected chi connectivity index (χ3v) is 2.32. The van der Waals surface area contributed by atoms with E-state index in [0.717, 1.165) is 0 Å². The molecule has 0 aliphatic rings. The summed E-state index contributed by atoms with van der Waals surface area (Å²) in [5.74, 6) is 2.29. The molecule has 0 aromatic heterocycles. The number of esters is 1. The Morgan fingerprint density at radius 3 is 2.54 bits per heavy atom. The number of terminal acetylenes is 1. The maximum absolute atomic E-state index is 11.4. The minimum Gasteiger partial charge on any atom is -0.468 e. The smallest absolute Gasteiger partial charge is 0.326 e. The molecule has 0 aromatic rings. The van der Waals surface area contributed by atoms with Gasteiger partial charge in [-0.15, -0.1) is 6.42 Å². The van der Waals surface area contributed by atoms with Crippen LogP contribution in [0, 0.1) is 18.3 Å². The summed E-state index contributed by atoms with van der Waals surface area (Å²) in [5.41, 5.74) is -0.693. The normalized spacial score (nSPS) is 14.8. The molecule has 13 heavy (non-hydrogen) atoms. The van der Waals surface area contributed by atoms with Gasteiger partial charge in [0.25, 0.3) is 0 Å². The van der Waals surface area contributed by atoms with Crippen LogP contribution in [0.3, 0.4) is 0 Å². The summed E-state index contributed by atoms with van der Waals surface area (Å²) >= 11 is 0. The standard InChI is InChI=1S/C10H17NO2/c1-6-7-11-10(4,8(2)3)9(12)13-5/h1,8,11H,7H2,2-5H3. The van der Waals surface area contributed by atoms with Gasteiger partial charge in [-0.3, -0.25) is 10.1 Å². The summed E-state index contributed by atoms with van der Waals surface area (Å²) in [6.45, 7) is 6.05. The highest BCUT2D eigenvalue weighted by Crippen LogP contribution is 2.17. The highest BCUT2D eigenvalue weighted by atomic mass is 16.5. The van der Waals surface area contributed by atoms with Crippen molar-refractivity contribution >= 4 is 5.97 Å². The summed E-state index contributed by atoms with van der Waals surface area (Å²) in [6.07, 6.45) is 5.11. The largest absolute Gasteiger partial charge is 0.468 e. The molecule has 0 heterocycles. The molecule has 0 aliphatic carbocycles. The van der Waals surface area contributed by atoms with Crippen molar-refractivity contribution in [3.05, 3.63) is 0 Å². The zero-order chi connectivity index (χ0) is 10.5. The Bertz CT molecular complexity index is 217. The Kier molecular flexibility index (Phi) is 4.50. The van der Waals surface area contributed by atoms with E-state index < -0.39 is 5.54 Å². The molecule has 0 spiro atoms. The Labute approximate surface area is 79.8 Å². The van der Waals surface area contributed by atoms with Gasteiger partial charge >= 0.3 is 5.97 Å². The lowest BCUT2D eigenvalue weighted by Gasteiger charge is -2.31. The quantitative estimate of drug-likeness (QED) is 0.517. The van der Waals surface area contributed by atoms with Gasteiger partial charge in [-0.2, -0.15) is 0 Å². The molecule has 74 valence electrons. The van der Waals surface area contributed by atoms with E-state index in [1.165, 1.54) is 7.11 Å². The van der Waals surface area contributed by atoms with E-state index in [-0.39, 0.29) is 11.9 Å². The SMILES string of the molecule is C#CCNC(C)(C(=O)OC)C(C)C. The Morgan fingerprint density at radius 2 is 2.23 bits per heavy atom. The number of methoxy groups -OCH3 is 1. The number of hydrogen-bond donors (Lipinski definition) is 1. The molecule has 0 rings (SSSR count). The van der Waals surface area contributed by atoms with Crippen molar-refractivity contribution in [2.45, 2.75) is 26.3 Å². The molecule has 0 amide bonds. The summed E-state index contributed by atoms with van der Waals surface area (Å²) in [7, 11) is 1.38. The zero-order valence-corrected chi connectivity index (χ0v) is 8.68. The van der Waals surface area contributed by atoms with Gasteiger partial charge in [-0.1, -0.05) is 19.8 Å². The maximum atomic E-state index is 11.4. The number of nitrogens with one attached hydrogen (secondary N) is 1. The molecular formula is C10H17NO2. The van der Waals surface area contributed by atoms with Crippen molar-refractivity contribution in [3.8, 4) is 12.3 Å². The lowest BCUT2D eigenvalue weighted by molar-refractivity contribution is -0.149. The fourth-order valence-corrected chi connectivity index (χ4v) is 0.959. The summed E-state index contributed by atoms with van der Waals surface area (Å²) in [6, 6.07) is 0. The molecule has 0 saturated carbocycles. The van der Waals surface area contributed by atoms with Gasteiger partial charge in [0.1, 0.15) is 5.54 Å². The lowest BCUT2D eigenvalue weighted by Crippen LogP contribution is -2.54. The second kappa shape index (κ2) is 4.88. The van der Waals surface area contributed by atoms with E-state index in [4.69, 9.17) is 11.2 Å². The van der Waals surface area contributed by atoms with Crippen molar-refractivity contribution < 1.29 is 9.53 Å². The maximum Gasteiger partial charge on any atom is 0.326 e. The third-order valence-electron chi connectivity index (χ3n) is 2.32. The van der Waals surface area contributed by atoms with Crippen LogP contribution in [0.4, 0.5) is 0 Å². The van der Waals surface area contributed by atoms with Gasteiger partial charge < -0.3 is 4.74 Å². The first-order valence-corrected chi connectivity index (χ1v) is 4.26. The van der Waals surface area contributed by atoms with E-state index in [9.17, 15) is 4.79 Å². The molecule has 1 unspecified atom stereocenters. The highest BCUT2D eigenvalue weighted by Gasteiger charge is 2.36. The number of ether oxygens (including phenoxy) is 1. The van der Waals surface area contributed by atoms with Gasteiger partial charge in [-0.25, -0.2) is 0 Å². The van der Waals surface area contributed by atoms with E-state index in [0.29, 0.717) is 6.54 Å². The minimum atomic E-state index is -0.693. The fraction of sp³-hybridized carbons (Fsp3) is 0.700. The second-order valence-corrected chi connectivity index (χ2v) is 3.41. The molecule has 3 nitrogen and oxygen atoms in total. The van der Waals surface area contributed by atoms with Gasteiger partial charge in [0.2, 0.25) is 0 Å². The third kappa shape index (κ3) is 2.74. The van der Waals surface area contributed by atoms with Crippen molar-refractivity contribution in [2.75, 3.05) is 13.7 Å². The van der Waals surface area contributed by atoms with Gasteiger partial charge in [0.15, 0.2) is 0 Å². The average molecular weight is 183 g/mol. The molecule has 1 N–H and O–H groups in total. The first-order valence-electron chi connectivity index (χ1n) is 4.26. The summed E-state index contributed by atoms with van der Waals surface area (Å²) in [5, 5.41) is 2.99. The Hall–Kier alpha value is -1.01. The number of hydrogen-bond acceptors (Lipinski definition) is 3. The van der Waals surface area contributed by atoms with Crippen LogP contribution in [-0.2, 0) is 9.53 Å². The van der Waals surface area contributed by atoms with E-state index >= 15 is 0 Å². The number of carbonyl (C=O) groups is 1. The minimum absolute atomic E-state index is 0.133. The van der Waals surface area contributed by atoms with E-state index in [1.807, 2.05) is 13.8 Å². The lowest BCUT2D eigenvalue weighted by atomic mass is 9.88. The van der Waals surface area contributed by atoms with Crippen LogP contribution in [-0.4, -0.2) is 25.2 Å². The molecule has 1 atom stereocenters. The number of carbonyl (C=O) groups excluding carboxylic acids is 1. The molecule has 0 bridgehead atoms. The van der Waals surface area contributed by atoms with Crippen LogP contribution in [0.5, 0.6) is 0 Å². The molecule has 0 radical (unpaired) electrons. The van der Waals surface area contributed by atoms with Gasteiger partial charge in [0.05, 0.1) is 13.7 Å². The van der Waals surface area contributed by atoms with E-state index in [2.05, 4.69) is 11.2 Å². The topological polar surface area (TPSA) is 38.3 Å². The van der Waals surface area contributed by atoms with E-state index in [1.54, 1.807) is 6.92 Å². The zero-order valence-electron chi connectivity index (χ0n) is 8.68. The molecular weight excluding hydrogens is 166 g/mol. The van der Waals surface area contributed by atoms with Crippen molar-refractivity contribution in [2.24, 2.45) is 5.92 Å². The van der Waals surface area contributed by atoms with Crippen LogP contribution in [0.25, 0.3) is 0 Å². The van der Waals surface area contributed by atoms with Crippen LogP contribution >= 0.6 is 0 Å².